The quantitative estimate of drug-likeness (QED) is 0.865. The summed E-state index contributed by atoms with van der Waals surface area (Å²) in [6.07, 6.45) is 0. The summed E-state index contributed by atoms with van der Waals surface area (Å²) in [4.78, 5) is 24.4. The molecule has 96 valence electrons. The zero-order valence-electron chi connectivity index (χ0n) is 10.1. The van der Waals surface area contributed by atoms with Gasteiger partial charge in [-0.3, -0.25) is 0 Å². The second-order valence-corrected chi connectivity index (χ2v) is 3.81. The molecule has 0 radical (unpaired) electrons. The molecule has 0 spiro atoms. The van der Waals surface area contributed by atoms with Crippen LogP contribution in [-0.4, -0.2) is 12.1 Å². The van der Waals surface area contributed by atoms with Crippen LogP contribution in [0.25, 0.3) is 0 Å². The Morgan fingerprint density at radius 2 is 1.42 bits per heavy atom. The Bertz CT molecular complexity index is 570. The number of hydrogen-bond acceptors (Lipinski definition) is 2. The number of nitrogens with one attached hydrogen (secondary N) is 1. The standard InChI is InChI=1S/C14H13N3O2/c15-13(18)17(12-9-5-2-6-10-12)14(19)16-11-7-3-1-4-8-11/h1-10H,(H2,15,18)(H,16,19). The minimum atomic E-state index is -0.834. The molecular formula is C14H13N3O2. The lowest BCUT2D eigenvalue weighted by Crippen LogP contribution is -2.43. The number of carbonyl (C=O) groups excluding carboxylic acids is 2. The van der Waals surface area contributed by atoms with Crippen LogP contribution in [0.1, 0.15) is 0 Å². The van der Waals surface area contributed by atoms with Gasteiger partial charge in [0.2, 0.25) is 0 Å². The lowest BCUT2D eigenvalue weighted by Gasteiger charge is -2.19. The fraction of sp³-hybridized carbons (Fsp3) is 0. The molecule has 2 rings (SSSR count). The van der Waals surface area contributed by atoms with Crippen LogP contribution < -0.4 is 16.0 Å². The van der Waals surface area contributed by atoms with Crippen LogP contribution >= 0.6 is 0 Å². The first-order valence-electron chi connectivity index (χ1n) is 5.69. The smallest absolute Gasteiger partial charge is 0.334 e. The van der Waals surface area contributed by atoms with Crippen LogP contribution in [0.3, 0.4) is 0 Å². The van der Waals surface area contributed by atoms with E-state index < -0.39 is 12.1 Å². The van der Waals surface area contributed by atoms with Gasteiger partial charge in [-0.15, -0.1) is 0 Å². The van der Waals surface area contributed by atoms with Crippen LogP contribution in [0.15, 0.2) is 60.7 Å². The van der Waals surface area contributed by atoms with Crippen molar-refractivity contribution < 1.29 is 9.59 Å². The van der Waals surface area contributed by atoms with Crippen molar-refractivity contribution in [1.29, 1.82) is 0 Å². The summed E-state index contributed by atoms with van der Waals surface area (Å²) < 4.78 is 0. The van der Waals surface area contributed by atoms with Gasteiger partial charge in [-0.2, -0.15) is 0 Å². The number of para-hydroxylation sites is 2. The van der Waals surface area contributed by atoms with Crippen molar-refractivity contribution in [2.24, 2.45) is 5.73 Å². The summed E-state index contributed by atoms with van der Waals surface area (Å²) in [6, 6.07) is 15.9. The first-order chi connectivity index (χ1) is 9.18. The zero-order valence-corrected chi connectivity index (χ0v) is 10.1. The van der Waals surface area contributed by atoms with Crippen molar-refractivity contribution in [2.45, 2.75) is 0 Å². The van der Waals surface area contributed by atoms with E-state index in [1.807, 2.05) is 6.07 Å². The predicted octanol–water partition coefficient (Wildman–Crippen LogP) is 2.80. The van der Waals surface area contributed by atoms with Gasteiger partial charge in [-0.05, 0) is 24.3 Å². The highest BCUT2D eigenvalue weighted by molar-refractivity contribution is 6.17. The molecule has 0 saturated carbocycles. The van der Waals surface area contributed by atoms with E-state index in [1.54, 1.807) is 54.6 Å². The van der Waals surface area contributed by atoms with E-state index in [2.05, 4.69) is 5.32 Å². The molecule has 4 amide bonds. The lowest BCUT2D eigenvalue weighted by atomic mass is 10.3. The van der Waals surface area contributed by atoms with E-state index in [-0.39, 0.29) is 0 Å². The third-order valence-corrected chi connectivity index (χ3v) is 2.46. The molecule has 0 aliphatic rings. The van der Waals surface area contributed by atoms with E-state index >= 15 is 0 Å². The molecule has 5 heteroatoms. The number of carbonyl (C=O) groups is 2. The molecular weight excluding hydrogens is 242 g/mol. The van der Waals surface area contributed by atoms with Crippen molar-refractivity contribution in [2.75, 3.05) is 10.2 Å². The van der Waals surface area contributed by atoms with E-state index in [9.17, 15) is 9.59 Å². The molecule has 0 aromatic heterocycles. The third-order valence-electron chi connectivity index (χ3n) is 2.46. The van der Waals surface area contributed by atoms with Gasteiger partial charge in [0.1, 0.15) is 0 Å². The Hall–Kier alpha value is -2.82. The van der Waals surface area contributed by atoms with Gasteiger partial charge < -0.3 is 11.1 Å². The third kappa shape index (κ3) is 3.10. The first kappa shape index (κ1) is 12.6. The van der Waals surface area contributed by atoms with Crippen molar-refractivity contribution in [3.05, 3.63) is 60.7 Å². The second-order valence-electron chi connectivity index (χ2n) is 3.81. The minimum Gasteiger partial charge on any atom is -0.351 e. The number of nitrogens with zero attached hydrogens (tertiary/aromatic N) is 1. The number of urea groups is 2. The maximum atomic E-state index is 12.1. The molecule has 0 aliphatic heterocycles. The van der Waals surface area contributed by atoms with Crippen LogP contribution in [-0.2, 0) is 0 Å². The van der Waals surface area contributed by atoms with E-state index in [4.69, 9.17) is 5.73 Å². The summed E-state index contributed by atoms with van der Waals surface area (Å²) in [5, 5.41) is 2.61. The molecule has 0 fully saturated rings. The van der Waals surface area contributed by atoms with Gasteiger partial charge in [0.05, 0.1) is 5.69 Å². The van der Waals surface area contributed by atoms with Crippen LogP contribution in [0.2, 0.25) is 0 Å². The molecule has 5 nitrogen and oxygen atoms in total. The number of anilines is 2. The fourth-order valence-corrected chi connectivity index (χ4v) is 1.62. The van der Waals surface area contributed by atoms with Gasteiger partial charge >= 0.3 is 12.1 Å². The largest absolute Gasteiger partial charge is 0.351 e. The average Bonchev–Trinajstić information content (AvgIpc) is 2.40. The molecule has 0 saturated heterocycles. The van der Waals surface area contributed by atoms with Gasteiger partial charge in [0.15, 0.2) is 0 Å². The van der Waals surface area contributed by atoms with Crippen LogP contribution in [0.5, 0.6) is 0 Å². The zero-order chi connectivity index (χ0) is 13.7. The highest BCUT2D eigenvalue weighted by atomic mass is 16.2. The predicted molar refractivity (Wildman–Crippen MR) is 74.0 cm³/mol. The second kappa shape index (κ2) is 5.68. The molecule has 0 aliphatic carbocycles. The molecule has 3 N–H and O–H groups in total. The number of benzene rings is 2. The van der Waals surface area contributed by atoms with E-state index in [1.165, 1.54) is 0 Å². The average molecular weight is 255 g/mol. The van der Waals surface area contributed by atoms with Gasteiger partial charge in [0, 0.05) is 5.69 Å². The molecule has 0 atom stereocenters. The highest BCUT2D eigenvalue weighted by Crippen LogP contribution is 2.15. The Morgan fingerprint density at radius 3 is 1.95 bits per heavy atom. The Morgan fingerprint density at radius 1 is 0.895 bits per heavy atom. The maximum absolute atomic E-state index is 12.1. The van der Waals surface area contributed by atoms with Crippen LogP contribution in [0, 0.1) is 0 Å². The summed E-state index contributed by atoms with van der Waals surface area (Å²) in [5.41, 5.74) is 6.26. The normalized spacial score (nSPS) is 9.68. The number of amides is 4. The number of hydrogen-bond donors (Lipinski definition) is 2. The lowest BCUT2D eigenvalue weighted by molar-refractivity contribution is 0.245. The summed E-state index contributed by atoms with van der Waals surface area (Å²) >= 11 is 0. The molecule has 2 aromatic rings. The summed E-state index contributed by atoms with van der Waals surface area (Å²) in [7, 11) is 0. The summed E-state index contributed by atoms with van der Waals surface area (Å²) in [6.45, 7) is 0. The SMILES string of the molecule is NC(=O)N(C(=O)Nc1ccccc1)c1ccccc1. The summed E-state index contributed by atoms with van der Waals surface area (Å²) in [5.74, 6) is 0. The van der Waals surface area contributed by atoms with E-state index in [0.717, 1.165) is 4.90 Å². The topological polar surface area (TPSA) is 75.4 Å². The molecule has 19 heavy (non-hydrogen) atoms. The van der Waals surface area contributed by atoms with Gasteiger partial charge in [-0.25, -0.2) is 14.5 Å². The van der Waals surface area contributed by atoms with Crippen molar-refractivity contribution in [3.63, 3.8) is 0 Å². The van der Waals surface area contributed by atoms with Crippen LogP contribution in [0.4, 0.5) is 21.0 Å². The Labute approximate surface area is 110 Å². The number of rotatable bonds is 2. The van der Waals surface area contributed by atoms with E-state index in [0.29, 0.717) is 11.4 Å². The Balaban J connectivity index is 2.21. The van der Waals surface area contributed by atoms with Gasteiger partial charge in [-0.1, -0.05) is 36.4 Å². The molecule has 0 unspecified atom stereocenters. The Kier molecular flexibility index (Phi) is 3.78. The molecule has 0 bridgehead atoms. The minimum absolute atomic E-state index is 0.420. The molecule has 2 aromatic carbocycles. The monoisotopic (exact) mass is 255 g/mol. The number of imide groups is 1. The van der Waals surface area contributed by atoms with Crippen molar-refractivity contribution >= 4 is 23.4 Å². The maximum Gasteiger partial charge on any atom is 0.334 e. The number of primary amides is 1. The highest BCUT2D eigenvalue weighted by Gasteiger charge is 2.20. The van der Waals surface area contributed by atoms with Crippen molar-refractivity contribution in [3.8, 4) is 0 Å². The van der Waals surface area contributed by atoms with Crippen molar-refractivity contribution in [1.82, 2.24) is 0 Å². The fourth-order valence-electron chi connectivity index (χ4n) is 1.62. The molecule has 0 heterocycles. The van der Waals surface area contributed by atoms with Gasteiger partial charge in [0.25, 0.3) is 0 Å². The number of nitrogens with two attached hydrogens (primary N) is 1. The first-order valence-corrected chi connectivity index (χ1v) is 5.69.